The maximum atomic E-state index is 14.2. The minimum atomic E-state index is -1.35. The van der Waals surface area contributed by atoms with Crippen LogP contribution in [0.25, 0.3) is 0 Å². The van der Waals surface area contributed by atoms with E-state index in [1.807, 2.05) is 6.08 Å². The van der Waals surface area contributed by atoms with Gasteiger partial charge in [0.05, 0.1) is 41.0 Å². The Morgan fingerprint density at radius 3 is 2.58 bits per heavy atom. The number of anilines is 1. The van der Waals surface area contributed by atoms with Crippen molar-refractivity contribution in [3.05, 3.63) is 64.5 Å². The third-order valence-corrected chi connectivity index (χ3v) is 9.11. The normalized spacial score (nSPS) is 31.9. The van der Waals surface area contributed by atoms with Crippen molar-refractivity contribution in [1.29, 1.82) is 0 Å². The number of imide groups is 2. The molecule has 0 spiro atoms. The van der Waals surface area contributed by atoms with Gasteiger partial charge in [0.2, 0.25) is 23.6 Å². The van der Waals surface area contributed by atoms with Crippen molar-refractivity contribution < 1.29 is 33.4 Å². The van der Waals surface area contributed by atoms with Crippen molar-refractivity contribution in [2.45, 2.75) is 25.7 Å². The number of fused-ring (bicyclic) bond motifs is 4. The third-order valence-electron chi connectivity index (χ3n) is 8.82. The lowest BCUT2D eigenvalue weighted by Gasteiger charge is -2.49. The summed E-state index contributed by atoms with van der Waals surface area (Å²) in [5.74, 6) is -5.49. The van der Waals surface area contributed by atoms with Gasteiger partial charge in [-0.25, -0.2) is 9.29 Å². The standard InChI is InChI=1S/C28H24ClFN2O6/c1-28-18(26(36)32(27(28)37)12-3-7-20(30)19(29)9-12)11-16-14(5-6-15-22(16)25(35)31-24(15)34)23(28)17-10-13(38-2)4-8-21(17)33/h3-5,7-10,15-16,18,22-23,33H,6,11H2,1-2H3,(H,31,34,35)/t15-,16+,18-,22-,23+,28+/m0/s1. The number of benzene rings is 2. The van der Waals surface area contributed by atoms with Crippen molar-refractivity contribution in [2.24, 2.45) is 29.1 Å². The molecule has 4 aliphatic rings. The van der Waals surface area contributed by atoms with E-state index < -0.39 is 58.5 Å². The van der Waals surface area contributed by atoms with Crippen LogP contribution in [0, 0.1) is 34.9 Å². The van der Waals surface area contributed by atoms with Crippen molar-refractivity contribution >= 4 is 40.9 Å². The van der Waals surface area contributed by atoms with Crippen molar-refractivity contribution in [2.75, 3.05) is 12.0 Å². The molecular weight excluding hydrogens is 515 g/mol. The van der Waals surface area contributed by atoms with Crippen LogP contribution in [0.1, 0.15) is 31.2 Å². The zero-order valence-electron chi connectivity index (χ0n) is 20.5. The Labute approximate surface area is 222 Å². The number of nitrogens with zero attached hydrogens (tertiary/aromatic N) is 1. The van der Waals surface area contributed by atoms with Crippen LogP contribution < -0.4 is 15.0 Å². The molecular formula is C28H24ClFN2O6. The largest absolute Gasteiger partial charge is 0.508 e. The molecule has 8 nitrogen and oxygen atoms in total. The number of nitrogens with one attached hydrogen (secondary N) is 1. The topological polar surface area (TPSA) is 113 Å². The summed E-state index contributed by atoms with van der Waals surface area (Å²) in [6, 6.07) is 8.33. The average Bonchev–Trinajstić information content (AvgIpc) is 3.29. The number of phenols is 1. The lowest BCUT2D eigenvalue weighted by Crippen LogP contribution is -2.48. The van der Waals surface area contributed by atoms with Gasteiger partial charge in [-0.2, -0.15) is 0 Å². The lowest BCUT2D eigenvalue weighted by molar-refractivity contribution is -0.131. The van der Waals surface area contributed by atoms with E-state index in [1.54, 1.807) is 19.1 Å². The molecule has 6 atom stereocenters. The van der Waals surface area contributed by atoms with Gasteiger partial charge >= 0.3 is 0 Å². The number of methoxy groups -OCH3 is 1. The fourth-order valence-electron chi connectivity index (χ4n) is 7.03. The average molecular weight is 539 g/mol. The molecule has 6 rings (SSSR count). The van der Waals surface area contributed by atoms with Crippen molar-refractivity contribution in [1.82, 2.24) is 5.32 Å². The van der Waals surface area contributed by atoms with Gasteiger partial charge in [0, 0.05) is 11.5 Å². The molecule has 3 fully saturated rings. The van der Waals surface area contributed by atoms with Crippen LogP contribution in [0.5, 0.6) is 11.5 Å². The molecule has 1 saturated carbocycles. The fourth-order valence-corrected chi connectivity index (χ4v) is 7.21. The van der Waals surface area contributed by atoms with Gasteiger partial charge in [0.15, 0.2) is 0 Å². The summed E-state index contributed by atoms with van der Waals surface area (Å²) in [6.45, 7) is 1.69. The Balaban J connectivity index is 1.56. The van der Waals surface area contributed by atoms with Crippen LogP contribution >= 0.6 is 11.6 Å². The van der Waals surface area contributed by atoms with Gasteiger partial charge in [-0.05, 0) is 62.1 Å². The number of ether oxygens (including phenoxy) is 1. The molecule has 2 aliphatic carbocycles. The molecule has 0 aromatic heterocycles. The molecule has 2 N–H and O–H groups in total. The third kappa shape index (κ3) is 3.20. The number of carbonyl (C=O) groups is 4. The quantitative estimate of drug-likeness (QED) is 0.455. The van der Waals surface area contributed by atoms with Crippen molar-refractivity contribution in [3.63, 3.8) is 0 Å². The highest BCUT2D eigenvalue weighted by Gasteiger charge is 2.67. The van der Waals surface area contributed by atoms with Gasteiger partial charge < -0.3 is 9.84 Å². The Hall–Kier alpha value is -3.72. The molecule has 4 amide bonds. The summed E-state index contributed by atoms with van der Waals surface area (Å²) >= 11 is 5.99. The van der Waals surface area contributed by atoms with Crippen LogP contribution in [0.2, 0.25) is 5.02 Å². The number of aromatic hydroxyl groups is 1. The Kier molecular flexibility index (Phi) is 5.43. The molecule has 2 heterocycles. The summed E-state index contributed by atoms with van der Waals surface area (Å²) in [5, 5.41) is 13.2. The first-order valence-corrected chi connectivity index (χ1v) is 12.7. The van der Waals surface area contributed by atoms with Gasteiger partial charge in [0.25, 0.3) is 0 Å². The van der Waals surface area contributed by atoms with E-state index in [0.29, 0.717) is 17.7 Å². The highest BCUT2D eigenvalue weighted by atomic mass is 35.5. The molecule has 2 aliphatic heterocycles. The number of halogens is 2. The minimum Gasteiger partial charge on any atom is -0.508 e. The fraction of sp³-hybridized carbons (Fsp3) is 0.357. The Morgan fingerprint density at radius 2 is 1.87 bits per heavy atom. The van der Waals surface area contributed by atoms with E-state index in [9.17, 15) is 28.7 Å². The van der Waals surface area contributed by atoms with E-state index in [1.165, 1.54) is 25.3 Å². The number of phenolic OH excluding ortho intramolecular Hbond substituents is 1. The van der Waals surface area contributed by atoms with E-state index in [0.717, 1.165) is 16.5 Å². The first kappa shape index (κ1) is 24.6. The maximum absolute atomic E-state index is 14.2. The van der Waals surface area contributed by atoms with Crippen LogP contribution in [0.4, 0.5) is 10.1 Å². The first-order chi connectivity index (χ1) is 18.1. The SMILES string of the molecule is COc1ccc(O)c([C@H]2C3=CC[C@@H]4C(=O)NC(=O)[C@@H]4[C@@H]3C[C@H]3C(=O)N(c4ccc(F)c(Cl)c4)C(=O)[C@@]23C)c1. The van der Waals surface area contributed by atoms with E-state index in [4.69, 9.17) is 16.3 Å². The molecule has 0 unspecified atom stereocenters. The Morgan fingerprint density at radius 1 is 1.11 bits per heavy atom. The molecule has 2 aromatic carbocycles. The molecule has 196 valence electrons. The highest BCUT2D eigenvalue weighted by molar-refractivity contribution is 6.31. The second-order valence-electron chi connectivity index (χ2n) is 10.5. The molecule has 0 bridgehead atoms. The van der Waals surface area contributed by atoms with E-state index in [-0.39, 0.29) is 28.8 Å². The molecule has 38 heavy (non-hydrogen) atoms. The zero-order chi connectivity index (χ0) is 27.1. The summed E-state index contributed by atoms with van der Waals surface area (Å²) < 4.78 is 19.3. The number of rotatable bonds is 3. The molecule has 2 saturated heterocycles. The lowest BCUT2D eigenvalue weighted by atomic mass is 9.51. The second kappa shape index (κ2) is 8.39. The summed E-state index contributed by atoms with van der Waals surface area (Å²) in [5.41, 5.74) is -0.0929. The first-order valence-electron chi connectivity index (χ1n) is 12.3. The second-order valence-corrected chi connectivity index (χ2v) is 10.9. The minimum absolute atomic E-state index is 0.0880. The van der Waals surface area contributed by atoms with Crippen molar-refractivity contribution in [3.8, 4) is 11.5 Å². The molecule has 2 aromatic rings. The maximum Gasteiger partial charge on any atom is 0.241 e. The van der Waals surface area contributed by atoms with Crippen LogP contribution in [0.15, 0.2) is 48.0 Å². The summed E-state index contributed by atoms with van der Waals surface area (Å²) in [6.07, 6.45) is 2.35. The Bertz CT molecular complexity index is 1470. The molecule has 10 heteroatoms. The van der Waals surface area contributed by atoms with Gasteiger partial charge in [0.1, 0.15) is 17.3 Å². The highest BCUT2D eigenvalue weighted by Crippen LogP contribution is 2.64. The zero-order valence-corrected chi connectivity index (χ0v) is 21.3. The smallest absolute Gasteiger partial charge is 0.241 e. The number of carbonyl (C=O) groups excluding carboxylic acids is 4. The van der Waals surface area contributed by atoms with E-state index in [2.05, 4.69) is 5.32 Å². The van der Waals surface area contributed by atoms with Gasteiger partial charge in [-0.1, -0.05) is 23.3 Å². The van der Waals surface area contributed by atoms with Gasteiger partial charge in [-0.15, -0.1) is 0 Å². The number of hydrogen-bond acceptors (Lipinski definition) is 6. The molecule has 0 radical (unpaired) electrons. The van der Waals surface area contributed by atoms with Crippen LogP contribution in [0.3, 0.4) is 0 Å². The number of amides is 4. The number of hydrogen-bond donors (Lipinski definition) is 2. The number of allylic oxidation sites excluding steroid dienone is 2. The van der Waals surface area contributed by atoms with Gasteiger partial charge in [-0.3, -0.25) is 24.5 Å². The predicted molar refractivity (Wildman–Crippen MR) is 134 cm³/mol. The van der Waals surface area contributed by atoms with Crippen LogP contribution in [-0.4, -0.2) is 35.8 Å². The van der Waals surface area contributed by atoms with E-state index >= 15 is 0 Å². The summed E-state index contributed by atoms with van der Waals surface area (Å²) in [4.78, 5) is 54.6. The summed E-state index contributed by atoms with van der Waals surface area (Å²) in [7, 11) is 1.48. The van der Waals surface area contributed by atoms with Crippen LogP contribution in [-0.2, 0) is 19.2 Å². The monoisotopic (exact) mass is 538 g/mol. The predicted octanol–water partition coefficient (Wildman–Crippen LogP) is 3.71.